The van der Waals surface area contributed by atoms with Gasteiger partial charge in [-0.25, -0.2) is 9.69 Å². The summed E-state index contributed by atoms with van der Waals surface area (Å²) in [6.45, 7) is 1.88. The molecule has 0 unspecified atom stereocenters. The number of hydrogen-bond acceptors (Lipinski definition) is 6. The number of rotatable bonds is 3. The third kappa shape index (κ3) is 4.99. The van der Waals surface area contributed by atoms with E-state index in [1.165, 1.54) is 7.05 Å². The highest BCUT2D eigenvalue weighted by atomic mass is 32.2. The lowest BCUT2D eigenvalue weighted by Gasteiger charge is -2.14. The summed E-state index contributed by atoms with van der Waals surface area (Å²) in [5, 5.41) is 4.56. The first-order valence-electron chi connectivity index (χ1n) is 5.40. The minimum absolute atomic E-state index is 0.247. The van der Waals surface area contributed by atoms with Gasteiger partial charge in [-0.1, -0.05) is 12.1 Å². The van der Waals surface area contributed by atoms with Gasteiger partial charge in [-0.3, -0.25) is 9.63 Å². The molecule has 1 heterocycles. The van der Waals surface area contributed by atoms with E-state index in [1.807, 2.05) is 6.92 Å². The van der Waals surface area contributed by atoms with E-state index in [9.17, 15) is 9.59 Å². The molecule has 0 aromatic carbocycles. The average Bonchev–Trinajstić information content (AvgIpc) is 2.36. The van der Waals surface area contributed by atoms with Crippen LogP contribution >= 0.6 is 23.5 Å². The molecular weight excluding hydrogens is 260 g/mol. The second-order valence-corrected chi connectivity index (χ2v) is 5.72. The minimum Gasteiger partial charge on any atom is -0.297 e. The van der Waals surface area contributed by atoms with Crippen molar-refractivity contribution in [1.29, 1.82) is 0 Å². The first kappa shape index (κ1) is 14.4. The highest BCUT2D eigenvalue weighted by Gasteiger charge is 2.18. The van der Waals surface area contributed by atoms with E-state index in [2.05, 4.69) is 5.16 Å². The third-order valence-electron chi connectivity index (χ3n) is 2.06. The number of hydrogen-bond donors (Lipinski definition) is 0. The summed E-state index contributed by atoms with van der Waals surface area (Å²) in [5.74, 6) is 2.59. The molecule has 96 valence electrons. The molecule has 0 N–H and O–H groups in total. The van der Waals surface area contributed by atoms with Crippen LogP contribution in [0.25, 0.3) is 0 Å². The number of nitrogens with zero attached hydrogens (tertiary/aromatic N) is 2. The van der Waals surface area contributed by atoms with Crippen molar-refractivity contribution in [3.8, 4) is 0 Å². The number of imide groups is 1. The van der Waals surface area contributed by atoms with Crippen molar-refractivity contribution in [2.75, 3.05) is 24.3 Å². The van der Waals surface area contributed by atoms with E-state index in [1.54, 1.807) is 23.5 Å². The molecule has 1 aliphatic heterocycles. The van der Waals surface area contributed by atoms with Gasteiger partial charge in [-0.05, 0) is 6.42 Å². The van der Waals surface area contributed by atoms with Crippen molar-refractivity contribution < 1.29 is 14.4 Å². The van der Waals surface area contributed by atoms with Gasteiger partial charge in [0.15, 0.2) is 0 Å². The molecule has 0 spiro atoms. The fourth-order valence-corrected chi connectivity index (χ4v) is 3.19. The zero-order chi connectivity index (χ0) is 12.7. The summed E-state index contributed by atoms with van der Waals surface area (Å²) < 4.78 is 0. The zero-order valence-corrected chi connectivity index (χ0v) is 11.6. The Morgan fingerprint density at radius 3 is 2.82 bits per heavy atom. The number of thioether (sulfide) groups is 2. The van der Waals surface area contributed by atoms with Crippen LogP contribution in [-0.4, -0.2) is 46.3 Å². The molecule has 1 saturated heterocycles. The van der Waals surface area contributed by atoms with Crippen LogP contribution in [0.5, 0.6) is 0 Å². The normalized spacial score (nSPS) is 17.9. The van der Waals surface area contributed by atoms with E-state index in [-0.39, 0.29) is 5.91 Å². The molecule has 0 radical (unpaired) electrons. The largest absolute Gasteiger partial charge is 0.442 e. The van der Waals surface area contributed by atoms with E-state index in [0.29, 0.717) is 12.8 Å². The summed E-state index contributed by atoms with van der Waals surface area (Å²) in [6.07, 6.45) is 0.330. The second kappa shape index (κ2) is 7.60. The Kier molecular flexibility index (Phi) is 6.43. The van der Waals surface area contributed by atoms with E-state index in [4.69, 9.17) is 4.84 Å². The summed E-state index contributed by atoms with van der Waals surface area (Å²) in [7, 11) is 1.41. The van der Waals surface area contributed by atoms with Crippen LogP contribution in [0.2, 0.25) is 0 Å². The maximum atomic E-state index is 11.5. The minimum atomic E-state index is -0.716. The first-order valence-corrected chi connectivity index (χ1v) is 7.54. The maximum absolute atomic E-state index is 11.5. The Hall–Kier alpha value is -0.690. The Morgan fingerprint density at radius 2 is 2.24 bits per heavy atom. The van der Waals surface area contributed by atoms with Crippen molar-refractivity contribution in [3.63, 3.8) is 0 Å². The molecule has 1 aliphatic rings. The zero-order valence-electron chi connectivity index (χ0n) is 9.97. The molecule has 1 rings (SSSR count). The van der Waals surface area contributed by atoms with Gasteiger partial charge in [0.2, 0.25) is 5.91 Å². The van der Waals surface area contributed by atoms with Gasteiger partial charge in [0.05, 0.1) is 0 Å². The predicted molar refractivity (Wildman–Crippen MR) is 71.4 cm³/mol. The molecule has 7 heteroatoms. The Labute approximate surface area is 109 Å². The van der Waals surface area contributed by atoms with Crippen molar-refractivity contribution in [2.45, 2.75) is 19.8 Å². The quantitative estimate of drug-likeness (QED) is 0.584. The lowest BCUT2D eigenvalue weighted by Crippen LogP contribution is -2.32. The van der Waals surface area contributed by atoms with Crippen molar-refractivity contribution in [1.82, 2.24) is 4.90 Å². The fourth-order valence-electron chi connectivity index (χ4n) is 1.11. The second-order valence-electron chi connectivity index (χ2n) is 3.45. The van der Waals surface area contributed by atoms with Crippen LogP contribution in [0.4, 0.5) is 4.79 Å². The van der Waals surface area contributed by atoms with Gasteiger partial charge in [0.25, 0.3) is 0 Å². The van der Waals surface area contributed by atoms with Crippen LogP contribution < -0.4 is 0 Å². The Balaban J connectivity index is 2.40. The Morgan fingerprint density at radius 1 is 1.47 bits per heavy atom. The molecule has 0 atom stereocenters. The standard InChI is InChI=1S/C10H16N2O3S2/c1-3-4-9(13)12(2)10(14)15-11-8-7-16-5-6-17-8/h3-7H2,1-2H3. The Bertz CT molecular complexity index is 313. The summed E-state index contributed by atoms with van der Waals surface area (Å²) >= 11 is 3.34. The highest BCUT2D eigenvalue weighted by Crippen LogP contribution is 2.19. The van der Waals surface area contributed by atoms with Crippen LogP contribution in [0.3, 0.4) is 0 Å². The molecule has 2 amide bonds. The number of oxime groups is 1. The van der Waals surface area contributed by atoms with Crippen molar-refractivity contribution >= 4 is 40.6 Å². The highest BCUT2D eigenvalue weighted by molar-refractivity contribution is 8.18. The molecular formula is C10H16N2O3S2. The summed E-state index contributed by atoms with van der Waals surface area (Å²) in [6, 6.07) is 0. The van der Waals surface area contributed by atoms with Gasteiger partial charge in [0.1, 0.15) is 5.04 Å². The van der Waals surface area contributed by atoms with Gasteiger partial charge >= 0.3 is 6.09 Å². The predicted octanol–water partition coefficient (Wildman–Crippen LogP) is 2.17. The van der Waals surface area contributed by atoms with Gasteiger partial charge in [0, 0.05) is 30.7 Å². The molecule has 5 nitrogen and oxygen atoms in total. The van der Waals surface area contributed by atoms with Crippen LogP contribution in [0.15, 0.2) is 5.16 Å². The number of carbonyl (C=O) groups excluding carboxylic acids is 2. The molecule has 0 aliphatic carbocycles. The lowest BCUT2D eigenvalue weighted by molar-refractivity contribution is -0.128. The lowest BCUT2D eigenvalue weighted by atomic mass is 10.3. The SMILES string of the molecule is CCCC(=O)N(C)C(=O)ON=C1CSCCS1. The number of carbonyl (C=O) groups is 2. The van der Waals surface area contributed by atoms with E-state index in [0.717, 1.165) is 27.2 Å². The maximum Gasteiger partial charge on any atom is 0.442 e. The number of amides is 2. The smallest absolute Gasteiger partial charge is 0.297 e. The molecule has 0 aromatic rings. The third-order valence-corrected chi connectivity index (χ3v) is 4.43. The van der Waals surface area contributed by atoms with Crippen LogP contribution in [-0.2, 0) is 9.63 Å². The van der Waals surface area contributed by atoms with Crippen LogP contribution in [0, 0.1) is 0 Å². The van der Waals surface area contributed by atoms with Crippen molar-refractivity contribution in [3.05, 3.63) is 0 Å². The molecule has 0 saturated carbocycles. The summed E-state index contributed by atoms with van der Waals surface area (Å²) in [4.78, 5) is 28.6. The van der Waals surface area contributed by atoms with Gasteiger partial charge in [-0.15, -0.1) is 11.8 Å². The van der Waals surface area contributed by atoms with Crippen molar-refractivity contribution in [2.24, 2.45) is 5.16 Å². The van der Waals surface area contributed by atoms with Crippen LogP contribution in [0.1, 0.15) is 19.8 Å². The molecule has 0 bridgehead atoms. The van der Waals surface area contributed by atoms with E-state index < -0.39 is 6.09 Å². The van der Waals surface area contributed by atoms with Gasteiger partial charge < -0.3 is 0 Å². The molecule has 0 aromatic heterocycles. The average molecular weight is 276 g/mol. The topological polar surface area (TPSA) is 59.0 Å². The first-order chi connectivity index (χ1) is 8.15. The van der Waals surface area contributed by atoms with Gasteiger partial charge in [-0.2, -0.15) is 11.8 Å². The molecule has 17 heavy (non-hydrogen) atoms. The summed E-state index contributed by atoms with van der Waals surface area (Å²) in [5.41, 5.74) is 0. The molecule has 1 fully saturated rings. The van der Waals surface area contributed by atoms with E-state index >= 15 is 0 Å². The monoisotopic (exact) mass is 276 g/mol. The fraction of sp³-hybridized carbons (Fsp3) is 0.700.